The van der Waals surface area contributed by atoms with Crippen molar-refractivity contribution < 1.29 is 14.7 Å². The fraction of sp³-hybridized carbons (Fsp3) is 0.333. The summed E-state index contributed by atoms with van der Waals surface area (Å²) in [6.07, 6.45) is 0.0866. The van der Waals surface area contributed by atoms with Crippen LogP contribution in [0.4, 0.5) is 5.69 Å². The van der Waals surface area contributed by atoms with E-state index < -0.39 is 17.3 Å². The van der Waals surface area contributed by atoms with Crippen LogP contribution in [0.1, 0.15) is 23.7 Å². The highest BCUT2D eigenvalue weighted by molar-refractivity contribution is 6.26. The van der Waals surface area contributed by atoms with Crippen LogP contribution in [0.3, 0.4) is 0 Å². The first-order chi connectivity index (χ1) is 7.52. The number of para-hydroxylation sites is 1. The van der Waals surface area contributed by atoms with E-state index in [9.17, 15) is 14.7 Å². The Morgan fingerprint density at radius 2 is 1.94 bits per heavy atom. The molecular weight excluding hydrogens is 206 g/mol. The van der Waals surface area contributed by atoms with Gasteiger partial charge in [-0.25, -0.2) is 0 Å². The molecule has 1 aromatic rings. The summed E-state index contributed by atoms with van der Waals surface area (Å²) < 4.78 is 0. The number of benzene rings is 1. The zero-order chi connectivity index (χ0) is 11.9. The van der Waals surface area contributed by atoms with Gasteiger partial charge in [-0.05, 0) is 18.6 Å². The van der Waals surface area contributed by atoms with E-state index in [1.807, 2.05) is 0 Å². The lowest BCUT2D eigenvalue weighted by molar-refractivity contribution is -0.132. The summed E-state index contributed by atoms with van der Waals surface area (Å²) in [6.45, 7) is 1.62. The quantitative estimate of drug-likeness (QED) is 0.716. The van der Waals surface area contributed by atoms with Crippen LogP contribution in [0.25, 0.3) is 0 Å². The minimum absolute atomic E-state index is 0.0866. The van der Waals surface area contributed by atoms with Crippen LogP contribution < -0.4 is 4.90 Å². The summed E-state index contributed by atoms with van der Waals surface area (Å²) >= 11 is 0. The van der Waals surface area contributed by atoms with Crippen molar-refractivity contribution in [1.82, 2.24) is 0 Å². The van der Waals surface area contributed by atoms with Crippen molar-refractivity contribution in [3.63, 3.8) is 0 Å². The fourth-order valence-corrected chi connectivity index (χ4v) is 1.98. The molecule has 1 aliphatic heterocycles. The molecule has 84 valence electrons. The number of nitrogens with zero attached hydrogens (tertiary/aromatic N) is 1. The van der Waals surface area contributed by atoms with Gasteiger partial charge in [-0.2, -0.15) is 0 Å². The zero-order valence-corrected chi connectivity index (χ0v) is 9.23. The maximum absolute atomic E-state index is 12.0. The van der Waals surface area contributed by atoms with Gasteiger partial charge in [0, 0.05) is 12.6 Å². The van der Waals surface area contributed by atoms with Crippen molar-refractivity contribution in [3.05, 3.63) is 29.8 Å². The Kier molecular flexibility index (Phi) is 2.31. The van der Waals surface area contributed by atoms with Gasteiger partial charge in [-0.1, -0.05) is 19.1 Å². The smallest absolute Gasteiger partial charge is 0.266 e. The molecule has 16 heavy (non-hydrogen) atoms. The van der Waals surface area contributed by atoms with Gasteiger partial charge < -0.3 is 10.0 Å². The maximum atomic E-state index is 12.0. The summed E-state index contributed by atoms with van der Waals surface area (Å²) in [4.78, 5) is 25.3. The molecule has 1 aliphatic rings. The van der Waals surface area contributed by atoms with E-state index in [2.05, 4.69) is 0 Å². The molecule has 0 fully saturated rings. The number of Topliss-reactive ketones (excluding diaryl/α,β-unsaturated/α-hetero) is 1. The molecule has 1 N–H and O–H groups in total. The molecule has 1 atom stereocenters. The van der Waals surface area contributed by atoms with Gasteiger partial charge >= 0.3 is 0 Å². The third-order valence-electron chi connectivity index (χ3n) is 3.06. The summed E-state index contributed by atoms with van der Waals surface area (Å²) in [5.74, 6) is -1.06. The number of ketones is 1. The Labute approximate surface area is 93.5 Å². The molecule has 2 rings (SSSR count). The van der Waals surface area contributed by atoms with Crippen molar-refractivity contribution in [2.45, 2.75) is 18.9 Å². The zero-order valence-electron chi connectivity index (χ0n) is 9.23. The van der Waals surface area contributed by atoms with E-state index >= 15 is 0 Å². The van der Waals surface area contributed by atoms with Gasteiger partial charge in [0.2, 0.25) is 11.4 Å². The predicted octanol–water partition coefficient (Wildman–Crippen LogP) is 0.987. The second-order valence-electron chi connectivity index (χ2n) is 3.92. The topological polar surface area (TPSA) is 57.6 Å². The Balaban J connectivity index is 2.66. The number of amides is 1. The van der Waals surface area contributed by atoms with Crippen LogP contribution in [0.2, 0.25) is 0 Å². The lowest BCUT2D eigenvalue weighted by Gasteiger charge is -2.35. The van der Waals surface area contributed by atoms with Crippen LogP contribution in [0, 0.1) is 0 Å². The molecule has 4 nitrogen and oxygen atoms in total. The van der Waals surface area contributed by atoms with Crippen LogP contribution in [0.5, 0.6) is 0 Å². The van der Waals surface area contributed by atoms with Gasteiger partial charge in [-0.15, -0.1) is 0 Å². The molecule has 1 amide bonds. The summed E-state index contributed by atoms with van der Waals surface area (Å²) in [6, 6.07) is 6.80. The first-order valence-corrected chi connectivity index (χ1v) is 5.16. The lowest BCUT2D eigenvalue weighted by Crippen LogP contribution is -2.56. The Hall–Kier alpha value is -1.68. The van der Waals surface area contributed by atoms with E-state index in [0.29, 0.717) is 11.3 Å². The summed E-state index contributed by atoms with van der Waals surface area (Å²) in [7, 11) is 1.56. The molecule has 1 aromatic carbocycles. The number of carbonyl (C=O) groups excluding carboxylic acids is 2. The fourth-order valence-electron chi connectivity index (χ4n) is 1.98. The number of hydrogen-bond donors (Lipinski definition) is 1. The standard InChI is InChI=1S/C12H13NO3/c1-3-12(16)10(14)8-6-4-5-7-9(8)13(2)11(12)15/h4-7,16H,3H2,1-2H3. The van der Waals surface area contributed by atoms with Gasteiger partial charge in [0.1, 0.15) is 0 Å². The Morgan fingerprint density at radius 1 is 1.31 bits per heavy atom. The maximum Gasteiger partial charge on any atom is 0.266 e. The second-order valence-corrected chi connectivity index (χ2v) is 3.92. The molecule has 0 bridgehead atoms. The lowest BCUT2D eigenvalue weighted by atomic mass is 9.84. The molecule has 0 saturated heterocycles. The van der Waals surface area contributed by atoms with Crippen LogP contribution >= 0.6 is 0 Å². The van der Waals surface area contributed by atoms with Gasteiger partial charge in [0.15, 0.2) is 0 Å². The number of hydrogen-bond acceptors (Lipinski definition) is 3. The number of aliphatic hydroxyl groups is 1. The van der Waals surface area contributed by atoms with Gasteiger partial charge in [0.25, 0.3) is 5.91 Å². The Morgan fingerprint density at radius 3 is 2.56 bits per heavy atom. The molecule has 1 unspecified atom stereocenters. The molecule has 0 spiro atoms. The number of carbonyl (C=O) groups is 2. The monoisotopic (exact) mass is 219 g/mol. The number of rotatable bonds is 1. The molecule has 4 heteroatoms. The van der Waals surface area contributed by atoms with Crippen LogP contribution in [0.15, 0.2) is 24.3 Å². The average Bonchev–Trinajstić information content (AvgIpc) is 2.33. The van der Waals surface area contributed by atoms with Crippen LogP contribution in [-0.4, -0.2) is 29.4 Å². The molecule has 0 aliphatic carbocycles. The minimum Gasteiger partial charge on any atom is -0.373 e. The molecule has 0 saturated carbocycles. The van der Waals surface area contributed by atoms with Crippen molar-refractivity contribution in [3.8, 4) is 0 Å². The van der Waals surface area contributed by atoms with E-state index in [1.54, 1.807) is 38.2 Å². The largest absolute Gasteiger partial charge is 0.373 e. The first kappa shape index (κ1) is 10.8. The number of anilines is 1. The second kappa shape index (κ2) is 3.42. The molecule has 1 heterocycles. The number of fused-ring (bicyclic) bond motifs is 1. The highest BCUT2D eigenvalue weighted by Gasteiger charge is 2.49. The van der Waals surface area contributed by atoms with Gasteiger partial charge in [-0.3, -0.25) is 9.59 Å². The SMILES string of the molecule is CCC1(O)C(=O)c2ccccc2N(C)C1=O. The molecule has 0 radical (unpaired) electrons. The van der Waals surface area contributed by atoms with Crippen molar-refractivity contribution in [2.24, 2.45) is 0 Å². The molecular formula is C12H13NO3. The average molecular weight is 219 g/mol. The highest BCUT2D eigenvalue weighted by atomic mass is 16.3. The number of likely N-dealkylation sites (N-methyl/N-ethyl adjacent to an activating group) is 1. The van der Waals surface area contributed by atoms with Crippen LogP contribution in [-0.2, 0) is 4.79 Å². The van der Waals surface area contributed by atoms with E-state index in [0.717, 1.165) is 0 Å². The summed E-state index contributed by atoms with van der Waals surface area (Å²) in [5.41, 5.74) is -0.951. The third-order valence-corrected chi connectivity index (χ3v) is 3.06. The summed E-state index contributed by atoms with van der Waals surface area (Å²) in [5, 5.41) is 10.1. The van der Waals surface area contributed by atoms with E-state index in [-0.39, 0.29) is 6.42 Å². The highest BCUT2D eigenvalue weighted by Crippen LogP contribution is 2.33. The predicted molar refractivity (Wildman–Crippen MR) is 59.4 cm³/mol. The minimum atomic E-state index is -1.90. The van der Waals surface area contributed by atoms with Crippen molar-refractivity contribution >= 4 is 17.4 Å². The third kappa shape index (κ3) is 1.20. The first-order valence-electron chi connectivity index (χ1n) is 5.16. The van der Waals surface area contributed by atoms with Crippen molar-refractivity contribution in [2.75, 3.05) is 11.9 Å². The molecule has 0 aromatic heterocycles. The van der Waals surface area contributed by atoms with E-state index in [1.165, 1.54) is 4.90 Å². The normalized spacial score (nSPS) is 24.6. The van der Waals surface area contributed by atoms with E-state index in [4.69, 9.17) is 0 Å². The Bertz CT molecular complexity index is 469. The van der Waals surface area contributed by atoms with Gasteiger partial charge in [0.05, 0.1) is 5.69 Å². The van der Waals surface area contributed by atoms with Crippen molar-refractivity contribution in [1.29, 1.82) is 0 Å².